The van der Waals surface area contributed by atoms with Crippen LogP contribution in [0.5, 0.6) is 11.5 Å². The molecule has 12 nitrogen and oxygen atoms in total. The number of carboxylic acids is 1. The molecule has 5 atom stereocenters. The number of benzene rings is 1. The van der Waals surface area contributed by atoms with Gasteiger partial charge >= 0.3 is 24.4 Å². The van der Waals surface area contributed by atoms with Gasteiger partial charge in [0.05, 0.1) is 6.61 Å². The van der Waals surface area contributed by atoms with Crippen LogP contribution in [0.1, 0.15) is 92.6 Å². The Balaban J connectivity index is 3.29. The van der Waals surface area contributed by atoms with E-state index in [1.54, 1.807) is 20.8 Å². The van der Waals surface area contributed by atoms with Gasteiger partial charge in [0.1, 0.15) is 24.4 Å². The van der Waals surface area contributed by atoms with Gasteiger partial charge in [0.15, 0.2) is 11.5 Å². The summed E-state index contributed by atoms with van der Waals surface area (Å²) in [6.45, 7) is 14.7. The zero-order chi connectivity index (χ0) is 32.0. The Bertz CT molecular complexity index is 1030. The molecule has 0 fully saturated rings. The van der Waals surface area contributed by atoms with Gasteiger partial charge in [0, 0.05) is 5.92 Å². The first kappa shape index (κ1) is 36.5. The normalized spacial score (nSPS) is 14.7. The summed E-state index contributed by atoms with van der Waals surface area (Å²) >= 11 is 0. The van der Waals surface area contributed by atoms with Crippen LogP contribution in [0, 0.1) is 11.8 Å². The molecule has 0 aliphatic heterocycles. The van der Waals surface area contributed by atoms with Gasteiger partial charge in [-0.25, -0.2) is 14.4 Å². The van der Waals surface area contributed by atoms with Gasteiger partial charge in [-0.05, 0) is 63.1 Å². The third-order valence-electron chi connectivity index (χ3n) is 6.79. The van der Waals surface area contributed by atoms with Crippen molar-refractivity contribution in [2.24, 2.45) is 17.6 Å². The molecule has 0 radical (unpaired) electrons. The Morgan fingerprint density at radius 3 is 1.83 bits per heavy atom. The van der Waals surface area contributed by atoms with Crippen LogP contribution in [0.2, 0.25) is 0 Å². The molecule has 1 rings (SSSR count). The SMILES string of the molecule is CCCCCOC(=O)OC(C)CC(c1ccc(OC(=O)OC(C)C(C)C)c(OC(=O)OC(C)C(C)C)c1)[C@H](N)C(=O)O. The lowest BCUT2D eigenvalue weighted by Crippen LogP contribution is -2.38. The Morgan fingerprint density at radius 1 is 0.786 bits per heavy atom. The fourth-order valence-electron chi connectivity index (χ4n) is 3.50. The van der Waals surface area contributed by atoms with Gasteiger partial charge in [0.2, 0.25) is 0 Å². The summed E-state index contributed by atoms with van der Waals surface area (Å²) in [6, 6.07) is 2.73. The van der Waals surface area contributed by atoms with Crippen molar-refractivity contribution in [2.45, 2.75) is 111 Å². The van der Waals surface area contributed by atoms with E-state index in [1.165, 1.54) is 18.2 Å². The fraction of sp³-hybridized carbons (Fsp3) is 0.667. The summed E-state index contributed by atoms with van der Waals surface area (Å²) in [4.78, 5) is 49.0. The summed E-state index contributed by atoms with van der Waals surface area (Å²) in [5.41, 5.74) is 6.36. The average Bonchev–Trinajstić information content (AvgIpc) is 2.90. The van der Waals surface area contributed by atoms with Gasteiger partial charge in [-0.1, -0.05) is 53.5 Å². The number of rotatable bonds is 16. The predicted octanol–water partition coefficient (Wildman–Crippen LogP) is 6.42. The van der Waals surface area contributed by atoms with Gasteiger partial charge in [-0.15, -0.1) is 0 Å². The molecule has 0 spiro atoms. The van der Waals surface area contributed by atoms with Crippen LogP contribution in [0.15, 0.2) is 18.2 Å². The molecule has 0 saturated heterocycles. The lowest BCUT2D eigenvalue weighted by atomic mass is 9.87. The molecule has 0 aliphatic carbocycles. The number of hydrogen-bond donors (Lipinski definition) is 2. The van der Waals surface area contributed by atoms with Gasteiger partial charge < -0.3 is 39.3 Å². The number of hydrogen-bond acceptors (Lipinski definition) is 11. The standard InChI is InChI=1S/C30H47NO11/c1-9-10-11-14-37-28(34)38-19(6)15-23(26(31)27(32)33)22-12-13-24(41-29(35)39-20(7)17(2)3)25(16-22)42-30(36)40-21(8)18(4)5/h12-13,16-21,23,26H,9-11,14-15,31H2,1-8H3,(H,32,33)/t19?,20?,21?,23?,26-/m0/s1. The zero-order valence-corrected chi connectivity index (χ0v) is 25.9. The molecular formula is C30H47NO11. The second-order valence-electron chi connectivity index (χ2n) is 11.0. The van der Waals surface area contributed by atoms with E-state index in [-0.39, 0.29) is 36.4 Å². The monoisotopic (exact) mass is 597 g/mol. The minimum atomic E-state index is -1.42. The Hall–Kier alpha value is -3.54. The van der Waals surface area contributed by atoms with E-state index >= 15 is 0 Å². The number of nitrogens with two attached hydrogens (primary N) is 1. The van der Waals surface area contributed by atoms with E-state index in [0.29, 0.717) is 12.0 Å². The van der Waals surface area contributed by atoms with E-state index in [2.05, 4.69) is 0 Å². The molecule has 0 aromatic heterocycles. The molecular weight excluding hydrogens is 550 g/mol. The lowest BCUT2D eigenvalue weighted by Gasteiger charge is -2.25. The molecule has 4 unspecified atom stereocenters. The third kappa shape index (κ3) is 13.0. The highest BCUT2D eigenvalue weighted by atomic mass is 16.8. The van der Waals surface area contributed by atoms with Gasteiger partial charge in [-0.2, -0.15) is 0 Å². The third-order valence-corrected chi connectivity index (χ3v) is 6.79. The van der Waals surface area contributed by atoms with Crippen molar-refractivity contribution < 1.29 is 52.7 Å². The number of carboxylic acid groups (broad SMARTS) is 1. The maximum atomic E-state index is 12.6. The van der Waals surface area contributed by atoms with E-state index in [4.69, 9.17) is 34.2 Å². The van der Waals surface area contributed by atoms with Crippen LogP contribution in [-0.2, 0) is 23.7 Å². The quantitative estimate of drug-likeness (QED) is 0.0928. The summed E-state index contributed by atoms with van der Waals surface area (Å²) in [7, 11) is 0. The van der Waals surface area contributed by atoms with Crippen molar-refractivity contribution in [2.75, 3.05) is 6.61 Å². The molecule has 0 amide bonds. The molecule has 1 aromatic carbocycles. The van der Waals surface area contributed by atoms with Crippen LogP contribution in [-0.4, -0.2) is 60.5 Å². The maximum absolute atomic E-state index is 12.6. The highest BCUT2D eigenvalue weighted by Gasteiger charge is 2.31. The van der Waals surface area contributed by atoms with Crippen LogP contribution < -0.4 is 15.2 Å². The maximum Gasteiger partial charge on any atom is 0.514 e. The molecule has 0 bridgehead atoms. The van der Waals surface area contributed by atoms with E-state index in [1.807, 2.05) is 34.6 Å². The second kappa shape index (κ2) is 18.1. The predicted molar refractivity (Wildman–Crippen MR) is 154 cm³/mol. The van der Waals surface area contributed by atoms with E-state index in [9.17, 15) is 24.3 Å². The van der Waals surface area contributed by atoms with E-state index in [0.717, 1.165) is 12.8 Å². The fourth-order valence-corrected chi connectivity index (χ4v) is 3.50. The lowest BCUT2D eigenvalue weighted by molar-refractivity contribution is -0.139. The van der Waals surface area contributed by atoms with Crippen molar-refractivity contribution in [1.82, 2.24) is 0 Å². The van der Waals surface area contributed by atoms with Crippen LogP contribution in [0.4, 0.5) is 14.4 Å². The number of aliphatic carboxylic acids is 1. The van der Waals surface area contributed by atoms with Crippen molar-refractivity contribution in [1.29, 1.82) is 0 Å². The Morgan fingerprint density at radius 2 is 1.33 bits per heavy atom. The Kier molecular flexibility index (Phi) is 15.7. The van der Waals surface area contributed by atoms with Crippen LogP contribution >= 0.6 is 0 Å². The van der Waals surface area contributed by atoms with Crippen molar-refractivity contribution in [3.8, 4) is 11.5 Å². The first-order chi connectivity index (χ1) is 19.7. The summed E-state index contributed by atoms with van der Waals surface area (Å²) in [5, 5.41) is 9.69. The minimum absolute atomic E-state index is 0.0000544. The van der Waals surface area contributed by atoms with Gasteiger partial charge in [0.25, 0.3) is 0 Å². The summed E-state index contributed by atoms with van der Waals surface area (Å²) in [5.74, 6) is -2.54. The number of carbonyl (C=O) groups excluding carboxylic acids is 3. The molecule has 0 aliphatic rings. The molecule has 0 saturated carbocycles. The van der Waals surface area contributed by atoms with Crippen LogP contribution in [0.25, 0.3) is 0 Å². The second-order valence-corrected chi connectivity index (χ2v) is 11.0. The van der Waals surface area contributed by atoms with Crippen LogP contribution in [0.3, 0.4) is 0 Å². The molecule has 42 heavy (non-hydrogen) atoms. The number of carbonyl (C=O) groups is 4. The first-order valence-corrected chi connectivity index (χ1v) is 14.4. The smallest absolute Gasteiger partial charge is 0.480 e. The summed E-state index contributed by atoms with van der Waals surface area (Å²) in [6.07, 6.45) is -2.07. The van der Waals surface area contributed by atoms with Crippen molar-refractivity contribution >= 4 is 24.4 Å². The number of ether oxygens (including phenoxy) is 6. The molecule has 12 heteroatoms. The van der Waals surface area contributed by atoms with Crippen molar-refractivity contribution in [3.63, 3.8) is 0 Å². The highest BCUT2D eigenvalue weighted by molar-refractivity contribution is 5.75. The Labute approximate surface area is 248 Å². The molecule has 238 valence electrons. The van der Waals surface area contributed by atoms with Crippen molar-refractivity contribution in [3.05, 3.63) is 23.8 Å². The summed E-state index contributed by atoms with van der Waals surface area (Å²) < 4.78 is 31.7. The van der Waals surface area contributed by atoms with E-state index < -0.39 is 54.7 Å². The first-order valence-electron chi connectivity index (χ1n) is 14.4. The molecule has 0 heterocycles. The molecule has 3 N–H and O–H groups in total. The minimum Gasteiger partial charge on any atom is -0.480 e. The number of unbranched alkanes of at least 4 members (excludes halogenated alkanes) is 2. The molecule has 1 aromatic rings. The average molecular weight is 598 g/mol. The highest BCUT2D eigenvalue weighted by Crippen LogP contribution is 2.35. The topological polar surface area (TPSA) is 170 Å². The largest absolute Gasteiger partial charge is 0.514 e. The van der Waals surface area contributed by atoms with Gasteiger partial charge in [-0.3, -0.25) is 4.79 Å². The zero-order valence-electron chi connectivity index (χ0n) is 25.9.